The number of aromatic nitrogens is 5. The number of nitrogens with zero attached hydrogens (tertiary/aromatic N) is 9. The normalized spacial score (nSPS) is 13.4. The monoisotopic (exact) mass is 1180 g/mol. The van der Waals surface area contributed by atoms with Crippen molar-refractivity contribution in [3.8, 4) is 80.8 Å². The maximum Gasteiger partial charge on any atom is 0.187 e. The van der Waals surface area contributed by atoms with Crippen LogP contribution in [0.25, 0.3) is 66.2 Å². The molecule has 0 fully saturated rings. The first-order valence-electron chi connectivity index (χ1n) is 28.1. The highest BCUT2D eigenvalue weighted by molar-refractivity contribution is 9.10. The number of nitriles is 3. The van der Waals surface area contributed by atoms with Gasteiger partial charge in [-0.2, -0.15) is 15.8 Å². The second-order valence-electron chi connectivity index (χ2n) is 21.8. The summed E-state index contributed by atoms with van der Waals surface area (Å²) in [5.41, 5.74) is 21.1. The second kappa shape index (κ2) is 19.7. The molecule has 0 saturated heterocycles. The van der Waals surface area contributed by atoms with Crippen LogP contribution in [0.3, 0.4) is 0 Å². The fraction of sp³-hybridized carbons (Fsp3) is 0.0400. The highest BCUT2D eigenvalue weighted by atomic mass is 79.9. The first-order valence-corrected chi connectivity index (χ1v) is 28.9. The van der Waals surface area contributed by atoms with Gasteiger partial charge < -0.3 is 14.0 Å². The summed E-state index contributed by atoms with van der Waals surface area (Å²) in [7, 11) is 0. The number of hydrogen-bond acceptors (Lipinski definition) is 9. The van der Waals surface area contributed by atoms with Gasteiger partial charge in [-0.05, 0) is 178 Å². The third-order valence-electron chi connectivity index (χ3n) is 17.4. The summed E-state index contributed by atoms with van der Waals surface area (Å²) >= 11 is 3.65. The standard InChI is InChI=1S/C37H19N5O.C23H13BrN2O.C15H8N2/c38-20-22-9-12-31-25(17-22)26-18-23(21-39)10-13-32(26)42(31)24-11-14-34-30(19-24)37(27-5-1-2-8-33(27)43-34)28-6-3-15-40-35(28)36-29(37)7-4-16-41-36;24-14-9-10-20-18(13-14)23(15-5-1-2-8-19(15)27-20)16-6-3-11-25-21(16)22-17(23)7-4-12-26-22;1-17-13-5-4-12-7-11-3-2-10(9-16)6-14(11)15(12)8-13/h1-19H;1-13H;2-6,8H,7H2. The third kappa shape index (κ3) is 7.43. The summed E-state index contributed by atoms with van der Waals surface area (Å²) in [5, 5.41) is 30.1. The number of pyridine rings is 4. The molecule has 7 heterocycles. The topological polar surface area (TPSA) is 151 Å². The second-order valence-corrected chi connectivity index (χ2v) is 22.7. The molecule has 0 N–H and O–H groups in total. The van der Waals surface area contributed by atoms with Crippen molar-refractivity contribution in [3.05, 3.63) is 319 Å². The smallest absolute Gasteiger partial charge is 0.187 e. The number of rotatable bonds is 1. The summed E-state index contributed by atoms with van der Waals surface area (Å²) in [5.74, 6) is 3.31. The molecule has 5 aliphatic rings. The van der Waals surface area contributed by atoms with Crippen LogP contribution in [0, 0.1) is 40.6 Å². The molecule has 0 amide bonds. The van der Waals surface area contributed by atoms with E-state index in [1.165, 1.54) is 11.1 Å². The Morgan fingerprint density at radius 1 is 0.425 bits per heavy atom. The van der Waals surface area contributed by atoms with Gasteiger partial charge in [0.15, 0.2) is 5.69 Å². The molecule has 0 radical (unpaired) electrons. The third-order valence-corrected chi connectivity index (χ3v) is 17.9. The van der Waals surface area contributed by atoms with Crippen LogP contribution in [-0.4, -0.2) is 24.5 Å². The lowest BCUT2D eigenvalue weighted by Crippen LogP contribution is -2.32. The van der Waals surface area contributed by atoms with Gasteiger partial charge >= 0.3 is 0 Å². The number of hydrogen-bond donors (Lipinski definition) is 0. The van der Waals surface area contributed by atoms with Gasteiger partial charge in [0, 0.05) is 68.0 Å². The molecule has 0 unspecified atom stereocenters. The minimum atomic E-state index is -0.686. The predicted molar refractivity (Wildman–Crippen MR) is 336 cm³/mol. The SMILES string of the molecule is Brc1ccc2c(c1)C1(c3ccccc3O2)c2cccnc2-c2ncccc21.N#Cc1ccc2c(c1)c1cc(C#N)ccc1n2-c1ccc2c(c1)C1(c3ccccc3O2)c2cccnc2-c2ncccc21.[C-]#[N+]c1ccc2c(c1)-c1cc(C#N)ccc1C2. The molecular weight excluding hydrogens is 1140 g/mol. The molecule has 11 nitrogen and oxygen atoms in total. The Balaban J connectivity index is 0.000000118. The molecule has 0 atom stereocenters. The largest absolute Gasteiger partial charge is 0.457 e. The summed E-state index contributed by atoms with van der Waals surface area (Å²) < 4.78 is 16.1. The van der Waals surface area contributed by atoms with Crippen molar-refractivity contribution in [3.63, 3.8) is 0 Å². The predicted octanol–water partition coefficient (Wildman–Crippen LogP) is 17.2. The molecule has 2 aliphatic heterocycles. The number of halogens is 1. The highest BCUT2D eigenvalue weighted by Gasteiger charge is 2.54. The lowest BCUT2D eigenvalue weighted by Gasteiger charge is -2.39. The van der Waals surface area contributed by atoms with Crippen LogP contribution in [0.5, 0.6) is 23.0 Å². The van der Waals surface area contributed by atoms with Crippen molar-refractivity contribution in [2.45, 2.75) is 17.3 Å². The summed E-state index contributed by atoms with van der Waals surface area (Å²) in [6.07, 6.45) is 8.21. The number of fused-ring (bicyclic) bond motifs is 24. The molecule has 8 aromatic carbocycles. The van der Waals surface area contributed by atoms with Crippen LogP contribution in [0.2, 0.25) is 0 Å². The van der Waals surface area contributed by atoms with E-state index in [-0.39, 0.29) is 0 Å². The van der Waals surface area contributed by atoms with E-state index in [1.807, 2.05) is 164 Å². The Morgan fingerprint density at radius 2 is 0.851 bits per heavy atom. The Morgan fingerprint density at radius 3 is 1.36 bits per heavy atom. The van der Waals surface area contributed by atoms with Crippen molar-refractivity contribution in [2.75, 3.05) is 0 Å². The fourth-order valence-electron chi connectivity index (χ4n) is 14.0. The van der Waals surface area contributed by atoms with Crippen molar-refractivity contribution in [1.82, 2.24) is 24.5 Å². The lowest BCUT2D eigenvalue weighted by molar-refractivity contribution is 0.436. The molecule has 18 rings (SSSR count). The van der Waals surface area contributed by atoms with Crippen molar-refractivity contribution in [2.24, 2.45) is 0 Å². The number of benzene rings is 8. The van der Waals surface area contributed by atoms with Crippen LogP contribution in [0.15, 0.2) is 236 Å². The van der Waals surface area contributed by atoms with Crippen LogP contribution >= 0.6 is 15.9 Å². The first kappa shape index (κ1) is 50.9. The van der Waals surface area contributed by atoms with E-state index in [0.29, 0.717) is 22.4 Å². The molecule has 5 aromatic heterocycles. The van der Waals surface area contributed by atoms with Gasteiger partial charge in [-0.25, -0.2) is 4.85 Å². The van der Waals surface area contributed by atoms with E-state index in [4.69, 9.17) is 41.2 Å². The molecule has 0 saturated carbocycles. The Hall–Kier alpha value is -11.8. The number of ether oxygens (including phenoxy) is 2. The molecule has 3 aliphatic carbocycles. The van der Waals surface area contributed by atoms with Gasteiger partial charge in [0.2, 0.25) is 0 Å². The van der Waals surface area contributed by atoms with Crippen LogP contribution in [-0.2, 0) is 17.3 Å². The van der Waals surface area contributed by atoms with Crippen LogP contribution in [0.1, 0.15) is 72.3 Å². The maximum absolute atomic E-state index is 9.65. The fourth-order valence-corrected chi connectivity index (χ4v) is 14.3. The van der Waals surface area contributed by atoms with Gasteiger partial charge in [0.1, 0.15) is 23.0 Å². The Kier molecular flexibility index (Phi) is 11.5. The Bertz CT molecular complexity index is 5110. The van der Waals surface area contributed by atoms with E-state index in [2.05, 4.69) is 110 Å². The van der Waals surface area contributed by atoms with Crippen LogP contribution in [0.4, 0.5) is 5.69 Å². The van der Waals surface area contributed by atoms with Crippen molar-refractivity contribution in [1.29, 1.82) is 15.8 Å². The van der Waals surface area contributed by atoms with Crippen molar-refractivity contribution < 1.29 is 9.47 Å². The van der Waals surface area contributed by atoms with Gasteiger partial charge in [-0.1, -0.05) is 94.8 Å². The Labute approximate surface area is 507 Å². The van der Waals surface area contributed by atoms with Crippen LogP contribution < -0.4 is 9.47 Å². The molecule has 12 heteroatoms. The molecule has 0 bridgehead atoms. The minimum absolute atomic E-state index is 0.485. The zero-order valence-electron chi connectivity index (χ0n) is 45.9. The van der Waals surface area contributed by atoms with Gasteiger partial charge in [-0.3, -0.25) is 19.9 Å². The zero-order chi connectivity index (χ0) is 58.5. The maximum atomic E-state index is 9.65. The average molecular weight is 1180 g/mol. The zero-order valence-corrected chi connectivity index (χ0v) is 47.5. The quantitative estimate of drug-likeness (QED) is 0.146. The first-order chi connectivity index (χ1) is 42.8. The van der Waals surface area contributed by atoms with E-state index in [9.17, 15) is 10.5 Å². The number of para-hydroxylation sites is 2. The summed E-state index contributed by atoms with van der Waals surface area (Å²) in [6.45, 7) is 7.04. The molecular formula is C75H40BrN9O2. The van der Waals surface area contributed by atoms with E-state index >= 15 is 0 Å². The van der Waals surface area contributed by atoms with E-state index in [1.54, 1.807) is 0 Å². The van der Waals surface area contributed by atoms with E-state index < -0.39 is 10.8 Å². The summed E-state index contributed by atoms with van der Waals surface area (Å²) in [6, 6.07) is 75.2. The highest BCUT2D eigenvalue weighted by Crippen LogP contribution is 2.63. The molecule has 13 aromatic rings. The minimum Gasteiger partial charge on any atom is -0.457 e. The summed E-state index contributed by atoms with van der Waals surface area (Å²) in [4.78, 5) is 22.5. The van der Waals surface area contributed by atoms with Gasteiger partial charge in [0.05, 0.1) is 86.1 Å². The molecule has 2 spiro atoms. The van der Waals surface area contributed by atoms with Gasteiger partial charge in [-0.15, -0.1) is 0 Å². The van der Waals surface area contributed by atoms with Gasteiger partial charge in [0.25, 0.3) is 0 Å². The average Bonchev–Trinajstić information content (AvgIpc) is 1.61. The lowest BCUT2D eigenvalue weighted by atomic mass is 9.66. The molecule has 404 valence electrons. The van der Waals surface area contributed by atoms with E-state index in [0.717, 1.165) is 140 Å². The molecule has 87 heavy (non-hydrogen) atoms. The van der Waals surface area contributed by atoms with Crippen molar-refractivity contribution >= 4 is 43.4 Å².